The van der Waals surface area contributed by atoms with Crippen molar-refractivity contribution in [3.63, 3.8) is 0 Å². The van der Waals surface area contributed by atoms with E-state index in [1.165, 1.54) is 12.3 Å². The summed E-state index contributed by atoms with van der Waals surface area (Å²) in [4.78, 5) is 40.2. The molecular formula is C27H35N7O4. The monoisotopic (exact) mass is 521 g/mol. The standard InChI is InChI=1S/C27H35N7O4/c1-16(19-8-6-14-34(19)2)37-22-15-21(30-13-10-18(28)25(29)36)31-26(32-22)23-17-7-5-12-27(24(17)38-33-23)11-4-3-9-20(27)35/h10,13,15-16,19H,3-9,11-12,14,28H2,1-2H3,(H2,29,36)/t16-,19-,27+/m0/s1. The summed E-state index contributed by atoms with van der Waals surface area (Å²) in [5, 5.41) is 4.37. The van der Waals surface area contributed by atoms with Crippen molar-refractivity contribution in [1.29, 1.82) is 0 Å². The van der Waals surface area contributed by atoms with Crippen molar-refractivity contribution < 1.29 is 18.8 Å². The lowest BCUT2D eigenvalue weighted by atomic mass is 9.64. The van der Waals surface area contributed by atoms with Gasteiger partial charge in [-0.3, -0.25) is 14.5 Å². The van der Waals surface area contributed by atoms with Crippen LogP contribution in [0, 0.1) is 0 Å². The number of Topliss-reactive ketones (excluding diaryl/α,β-unsaturated/α-hetero) is 1. The van der Waals surface area contributed by atoms with Gasteiger partial charge < -0.3 is 20.7 Å². The summed E-state index contributed by atoms with van der Waals surface area (Å²) >= 11 is 0. The third kappa shape index (κ3) is 4.94. The lowest BCUT2D eigenvalue weighted by molar-refractivity contribution is -0.128. The van der Waals surface area contributed by atoms with E-state index >= 15 is 0 Å². The number of ketones is 1. The fraction of sp³-hybridized carbons (Fsp3) is 0.556. The van der Waals surface area contributed by atoms with Gasteiger partial charge in [-0.2, -0.15) is 4.98 Å². The van der Waals surface area contributed by atoms with E-state index in [2.05, 4.69) is 27.1 Å². The minimum Gasteiger partial charge on any atom is -0.473 e. The number of amides is 1. The summed E-state index contributed by atoms with van der Waals surface area (Å²) in [5.41, 5.74) is 11.5. The topological polar surface area (TPSA) is 163 Å². The number of allylic oxidation sites excluding steroid dienone is 1. The molecule has 2 aromatic rings. The summed E-state index contributed by atoms with van der Waals surface area (Å²) in [6.45, 7) is 3.06. The number of fused-ring (bicyclic) bond motifs is 2. The van der Waals surface area contributed by atoms with Crippen molar-refractivity contribution in [2.24, 2.45) is 16.5 Å². The zero-order chi connectivity index (χ0) is 26.9. The predicted molar refractivity (Wildman–Crippen MR) is 141 cm³/mol. The minimum atomic E-state index is -0.737. The number of nitrogens with zero attached hydrogens (tertiary/aromatic N) is 5. The number of aromatic nitrogens is 3. The van der Waals surface area contributed by atoms with Gasteiger partial charge in [0, 0.05) is 30.3 Å². The molecule has 1 saturated heterocycles. The van der Waals surface area contributed by atoms with Gasteiger partial charge in [0.25, 0.3) is 5.91 Å². The Morgan fingerprint density at radius 2 is 2.05 bits per heavy atom. The number of aliphatic imine (C=N–C) groups is 1. The molecule has 0 aromatic carbocycles. The van der Waals surface area contributed by atoms with Crippen LogP contribution in [0.2, 0.25) is 0 Å². The maximum Gasteiger partial charge on any atom is 0.264 e. The average molecular weight is 522 g/mol. The van der Waals surface area contributed by atoms with Crippen molar-refractivity contribution in [2.75, 3.05) is 13.6 Å². The molecule has 1 saturated carbocycles. The van der Waals surface area contributed by atoms with E-state index in [0.717, 1.165) is 63.5 Å². The number of likely N-dealkylation sites (N-methyl/N-ethyl adjacent to an activating group) is 1. The van der Waals surface area contributed by atoms with Crippen LogP contribution in [0.25, 0.3) is 11.5 Å². The van der Waals surface area contributed by atoms with Crippen LogP contribution in [-0.4, -0.2) is 63.7 Å². The van der Waals surface area contributed by atoms with Gasteiger partial charge in [0.05, 0.1) is 11.1 Å². The first kappa shape index (κ1) is 26.0. The van der Waals surface area contributed by atoms with Crippen LogP contribution in [0.4, 0.5) is 5.82 Å². The zero-order valence-corrected chi connectivity index (χ0v) is 22.0. The van der Waals surface area contributed by atoms with Crippen LogP contribution in [0.5, 0.6) is 5.88 Å². The predicted octanol–water partition coefficient (Wildman–Crippen LogP) is 2.74. The Kier molecular flexibility index (Phi) is 7.29. The van der Waals surface area contributed by atoms with Gasteiger partial charge in [0.2, 0.25) is 5.88 Å². The van der Waals surface area contributed by atoms with Gasteiger partial charge in [-0.15, -0.1) is 0 Å². The van der Waals surface area contributed by atoms with Gasteiger partial charge in [0.1, 0.15) is 11.9 Å². The van der Waals surface area contributed by atoms with Gasteiger partial charge in [-0.1, -0.05) is 11.6 Å². The molecule has 0 bridgehead atoms. The van der Waals surface area contributed by atoms with E-state index in [4.69, 9.17) is 25.7 Å². The van der Waals surface area contributed by atoms with E-state index in [1.807, 2.05) is 6.92 Å². The molecule has 0 radical (unpaired) electrons. The molecule has 3 atom stereocenters. The molecule has 2 aromatic heterocycles. The van der Waals surface area contributed by atoms with Crippen molar-refractivity contribution in [1.82, 2.24) is 20.0 Å². The smallest absolute Gasteiger partial charge is 0.264 e. The molecule has 11 nitrogen and oxygen atoms in total. The Bertz CT molecular complexity index is 1290. The normalized spacial score (nSPS) is 25.2. The molecular weight excluding hydrogens is 486 g/mol. The van der Waals surface area contributed by atoms with Crippen molar-refractivity contribution in [3.8, 4) is 17.4 Å². The molecule has 1 amide bonds. The second kappa shape index (κ2) is 10.6. The van der Waals surface area contributed by atoms with Gasteiger partial charge in [0.15, 0.2) is 23.1 Å². The summed E-state index contributed by atoms with van der Waals surface area (Å²) in [7, 11) is 2.10. The Morgan fingerprint density at radius 1 is 1.24 bits per heavy atom. The fourth-order valence-electron chi connectivity index (χ4n) is 6.09. The maximum absolute atomic E-state index is 13.1. The lowest BCUT2D eigenvalue weighted by Gasteiger charge is -2.36. The molecule has 4 N–H and O–H groups in total. The highest BCUT2D eigenvalue weighted by molar-refractivity contribution is 5.95. The Labute approximate surface area is 221 Å². The molecule has 0 unspecified atom stereocenters. The Balaban J connectivity index is 1.52. The highest BCUT2D eigenvalue weighted by Crippen LogP contribution is 2.47. The van der Waals surface area contributed by atoms with Crippen LogP contribution in [-0.2, 0) is 21.4 Å². The van der Waals surface area contributed by atoms with Crippen LogP contribution < -0.4 is 16.2 Å². The van der Waals surface area contributed by atoms with Crippen LogP contribution in [0.1, 0.15) is 69.6 Å². The van der Waals surface area contributed by atoms with E-state index in [1.54, 1.807) is 6.07 Å². The molecule has 1 aliphatic heterocycles. The van der Waals surface area contributed by atoms with E-state index in [9.17, 15) is 9.59 Å². The highest BCUT2D eigenvalue weighted by Gasteiger charge is 2.48. The number of likely N-dealkylation sites (tertiary alicyclic amines) is 1. The molecule has 2 fully saturated rings. The summed E-state index contributed by atoms with van der Waals surface area (Å²) in [6, 6.07) is 1.91. The minimum absolute atomic E-state index is 0.109. The number of hydrogen-bond acceptors (Lipinski definition) is 10. The Morgan fingerprint density at radius 3 is 2.79 bits per heavy atom. The number of ether oxygens (including phenoxy) is 1. The molecule has 3 aliphatic rings. The molecule has 11 heteroatoms. The average Bonchev–Trinajstić information content (AvgIpc) is 3.53. The lowest BCUT2D eigenvalue weighted by Crippen LogP contribution is -2.41. The van der Waals surface area contributed by atoms with Gasteiger partial charge in [-0.05, 0) is 71.5 Å². The first-order chi connectivity index (χ1) is 18.3. The van der Waals surface area contributed by atoms with E-state index < -0.39 is 11.3 Å². The molecule has 38 heavy (non-hydrogen) atoms. The first-order valence-electron chi connectivity index (χ1n) is 13.4. The largest absolute Gasteiger partial charge is 0.473 e. The van der Waals surface area contributed by atoms with E-state index in [-0.39, 0.29) is 23.6 Å². The van der Waals surface area contributed by atoms with Gasteiger partial charge >= 0.3 is 0 Å². The summed E-state index contributed by atoms with van der Waals surface area (Å²) in [6.07, 6.45) is 10.4. The quantitative estimate of drug-likeness (QED) is 0.412. The molecule has 202 valence electrons. The van der Waals surface area contributed by atoms with Crippen molar-refractivity contribution in [3.05, 3.63) is 29.2 Å². The molecule has 3 heterocycles. The Hall–Kier alpha value is -3.60. The van der Waals surface area contributed by atoms with Crippen LogP contribution in [0.3, 0.4) is 0 Å². The SMILES string of the molecule is C[C@H](Oc1cc(N=CC=C(N)C(N)=O)nc(-c2noc3c2CCC[C@@]32CCCCC2=O)n1)[C@@H]1CCCN1C. The second-order valence-corrected chi connectivity index (χ2v) is 10.6. The van der Waals surface area contributed by atoms with Crippen molar-refractivity contribution >= 4 is 23.7 Å². The number of primary amides is 1. The molecule has 1 spiro atoms. The molecule has 5 rings (SSSR count). The van der Waals surface area contributed by atoms with E-state index in [0.29, 0.717) is 35.4 Å². The third-order valence-corrected chi connectivity index (χ3v) is 8.12. The number of hydrogen-bond donors (Lipinski definition) is 2. The summed E-state index contributed by atoms with van der Waals surface area (Å²) in [5.74, 6) is 1.16. The zero-order valence-electron chi connectivity index (χ0n) is 22.0. The van der Waals surface area contributed by atoms with Gasteiger partial charge in [-0.25, -0.2) is 9.98 Å². The fourth-order valence-corrected chi connectivity index (χ4v) is 6.09. The maximum atomic E-state index is 13.1. The number of carbonyl (C=O) groups is 2. The second-order valence-electron chi connectivity index (χ2n) is 10.6. The number of rotatable bonds is 7. The highest BCUT2D eigenvalue weighted by atomic mass is 16.5. The van der Waals surface area contributed by atoms with Crippen LogP contribution >= 0.6 is 0 Å². The third-order valence-electron chi connectivity index (χ3n) is 8.12. The number of nitrogens with two attached hydrogens (primary N) is 2. The summed E-state index contributed by atoms with van der Waals surface area (Å²) < 4.78 is 12.2. The number of carbonyl (C=O) groups excluding carboxylic acids is 2. The van der Waals surface area contributed by atoms with Crippen LogP contribution in [0.15, 0.2) is 27.4 Å². The molecule has 2 aliphatic carbocycles. The first-order valence-corrected chi connectivity index (χ1v) is 13.4. The van der Waals surface area contributed by atoms with Crippen molar-refractivity contribution in [2.45, 2.75) is 82.3 Å².